The molecule has 5 aromatic rings. The van der Waals surface area contributed by atoms with Gasteiger partial charge in [0, 0.05) is 18.4 Å². The maximum atomic E-state index is 5.97. The molecule has 7 nitrogen and oxygen atoms in total. The van der Waals surface area contributed by atoms with Crippen LogP contribution in [0.25, 0.3) is 11.3 Å². The predicted molar refractivity (Wildman–Crippen MR) is 151 cm³/mol. The quantitative estimate of drug-likeness (QED) is 0.275. The van der Waals surface area contributed by atoms with Crippen LogP contribution in [0.2, 0.25) is 0 Å². The van der Waals surface area contributed by atoms with E-state index >= 15 is 0 Å². The Kier molecular flexibility index (Phi) is 8.78. The molecule has 5 rings (SSSR count). The summed E-state index contributed by atoms with van der Waals surface area (Å²) in [5, 5.41) is 0. The van der Waals surface area contributed by atoms with Crippen molar-refractivity contribution in [2.45, 2.75) is 12.8 Å². The minimum absolute atomic E-state index is 0.473. The maximum absolute atomic E-state index is 5.97. The van der Waals surface area contributed by atoms with Crippen molar-refractivity contribution < 1.29 is 4.74 Å². The number of nitrogens with two attached hydrogens (primary N) is 2. The lowest BCUT2D eigenvalue weighted by atomic mass is 10.1. The summed E-state index contributed by atoms with van der Waals surface area (Å²) in [7, 11) is 1.65. The van der Waals surface area contributed by atoms with Crippen molar-refractivity contribution in [3.8, 4) is 17.0 Å². The van der Waals surface area contributed by atoms with Crippen molar-refractivity contribution >= 4 is 27.6 Å². The number of nitrogens with zero attached hydrogens (tertiary/aromatic N) is 4. The van der Waals surface area contributed by atoms with Crippen LogP contribution in [0.4, 0.5) is 11.6 Å². The van der Waals surface area contributed by atoms with Crippen molar-refractivity contribution in [2.24, 2.45) is 0 Å². The van der Waals surface area contributed by atoms with Crippen molar-refractivity contribution in [3.63, 3.8) is 0 Å². The number of methoxy groups -OCH3 is 1. The van der Waals surface area contributed by atoms with Gasteiger partial charge in [0.2, 0.25) is 0 Å². The second-order valence-corrected chi connectivity index (χ2v) is 8.98. The number of hydrogen-bond acceptors (Lipinski definition) is 7. The molecule has 3 aromatic carbocycles. The summed E-state index contributed by atoms with van der Waals surface area (Å²) in [6.45, 7) is 0. The highest BCUT2D eigenvalue weighted by atomic mass is 79.9. The average Bonchev–Trinajstić information content (AvgIpc) is 2.94. The Morgan fingerprint density at radius 2 is 1.19 bits per heavy atom. The van der Waals surface area contributed by atoms with Gasteiger partial charge in [-0.1, -0.05) is 60.7 Å². The normalized spacial score (nSPS) is 10.3. The Labute approximate surface area is 224 Å². The van der Waals surface area contributed by atoms with Gasteiger partial charge in [0.25, 0.3) is 0 Å². The molecule has 0 saturated heterocycles. The van der Waals surface area contributed by atoms with Gasteiger partial charge in [0.15, 0.2) is 0 Å². The third kappa shape index (κ3) is 7.35. The standard InChI is InChI=1S/C18H17N3O.C11H10BrN3/c1-22-15-9-7-14(8-10-15)17-12-20-18(19)16(21-17)11-13-5-3-2-4-6-13;12-10-7-14-11(13)9(15-10)6-8-4-2-1-3-5-8/h2-10,12H,11H2,1H3,(H2,19,20);1-5,7H,6H2,(H2,13,14). The van der Waals surface area contributed by atoms with Gasteiger partial charge in [-0.2, -0.15) is 0 Å². The first kappa shape index (κ1) is 25.8. The van der Waals surface area contributed by atoms with Gasteiger partial charge in [-0.15, -0.1) is 0 Å². The molecule has 0 aliphatic carbocycles. The minimum atomic E-state index is 0.473. The van der Waals surface area contributed by atoms with Gasteiger partial charge < -0.3 is 16.2 Å². The van der Waals surface area contributed by atoms with E-state index in [1.807, 2.05) is 72.8 Å². The van der Waals surface area contributed by atoms with E-state index in [0.29, 0.717) is 29.1 Å². The molecule has 0 atom stereocenters. The molecule has 37 heavy (non-hydrogen) atoms. The highest BCUT2D eigenvalue weighted by Crippen LogP contribution is 2.22. The van der Waals surface area contributed by atoms with Crippen LogP contribution < -0.4 is 16.2 Å². The number of rotatable bonds is 6. The highest BCUT2D eigenvalue weighted by molar-refractivity contribution is 9.10. The summed E-state index contributed by atoms with van der Waals surface area (Å²) in [5.41, 5.74) is 17.4. The SMILES string of the molecule is COc1ccc(-c2cnc(N)c(Cc3ccccc3)n2)cc1.Nc1ncc(Br)nc1Cc1ccccc1. The van der Waals surface area contributed by atoms with Gasteiger partial charge in [-0.05, 0) is 51.3 Å². The molecule has 186 valence electrons. The van der Waals surface area contributed by atoms with Gasteiger partial charge >= 0.3 is 0 Å². The number of anilines is 2. The van der Waals surface area contributed by atoms with E-state index in [4.69, 9.17) is 16.2 Å². The summed E-state index contributed by atoms with van der Waals surface area (Å²) in [6, 6.07) is 27.9. The van der Waals surface area contributed by atoms with E-state index in [1.54, 1.807) is 19.5 Å². The monoisotopic (exact) mass is 554 g/mol. The maximum Gasteiger partial charge on any atom is 0.145 e. The fraction of sp³-hybridized carbons (Fsp3) is 0.103. The van der Waals surface area contributed by atoms with Gasteiger partial charge in [0.1, 0.15) is 22.0 Å². The molecule has 2 heterocycles. The Bertz CT molecular complexity index is 1430. The number of benzene rings is 3. The van der Waals surface area contributed by atoms with E-state index in [0.717, 1.165) is 34.0 Å². The second-order valence-electron chi connectivity index (χ2n) is 8.17. The van der Waals surface area contributed by atoms with Gasteiger partial charge in [0.05, 0.1) is 36.6 Å². The third-order valence-corrected chi connectivity index (χ3v) is 5.92. The predicted octanol–water partition coefficient (Wildman–Crippen LogP) is 5.74. The molecular formula is C29H27BrN6O. The van der Waals surface area contributed by atoms with Crippen LogP contribution in [0, 0.1) is 0 Å². The summed E-state index contributed by atoms with van der Waals surface area (Å²) < 4.78 is 5.88. The van der Waals surface area contributed by atoms with E-state index in [1.165, 1.54) is 5.56 Å². The summed E-state index contributed by atoms with van der Waals surface area (Å²) in [4.78, 5) is 17.3. The largest absolute Gasteiger partial charge is 0.497 e. The van der Waals surface area contributed by atoms with E-state index < -0.39 is 0 Å². The van der Waals surface area contributed by atoms with Crippen LogP contribution in [-0.4, -0.2) is 27.0 Å². The van der Waals surface area contributed by atoms with E-state index in [2.05, 4.69) is 48.0 Å². The molecule has 0 saturated carbocycles. The Balaban J connectivity index is 0.000000186. The molecular weight excluding hydrogens is 528 g/mol. The van der Waals surface area contributed by atoms with Crippen LogP contribution in [0.1, 0.15) is 22.5 Å². The Morgan fingerprint density at radius 3 is 1.73 bits per heavy atom. The zero-order chi connectivity index (χ0) is 26.0. The number of ether oxygens (including phenoxy) is 1. The minimum Gasteiger partial charge on any atom is -0.497 e. The number of halogens is 1. The fourth-order valence-corrected chi connectivity index (χ4v) is 3.91. The topological polar surface area (TPSA) is 113 Å². The first-order valence-corrected chi connectivity index (χ1v) is 12.4. The fourth-order valence-electron chi connectivity index (χ4n) is 3.59. The first-order valence-electron chi connectivity index (χ1n) is 11.6. The van der Waals surface area contributed by atoms with Crippen molar-refractivity contribution in [1.29, 1.82) is 0 Å². The molecule has 0 amide bonds. The summed E-state index contributed by atoms with van der Waals surface area (Å²) >= 11 is 3.28. The number of nitrogen functional groups attached to an aromatic ring is 2. The lowest BCUT2D eigenvalue weighted by molar-refractivity contribution is 0.415. The number of hydrogen-bond donors (Lipinski definition) is 2. The Morgan fingerprint density at radius 1 is 0.676 bits per heavy atom. The molecule has 2 aromatic heterocycles. The van der Waals surface area contributed by atoms with Crippen molar-refractivity contribution in [1.82, 2.24) is 19.9 Å². The summed E-state index contributed by atoms with van der Waals surface area (Å²) in [6.07, 6.45) is 4.68. The Hall–Kier alpha value is -4.30. The van der Waals surface area contributed by atoms with Crippen LogP contribution >= 0.6 is 15.9 Å². The van der Waals surface area contributed by atoms with E-state index in [9.17, 15) is 0 Å². The van der Waals surface area contributed by atoms with Gasteiger partial charge in [-0.25, -0.2) is 19.9 Å². The van der Waals surface area contributed by atoms with Crippen LogP contribution in [0.15, 0.2) is 102 Å². The van der Waals surface area contributed by atoms with Crippen LogP contribution in [0.5, 0.6) is 5.75 Å². The van der Waals surface area contributed by atoms with Crippen molar-refractivity contribution in [2.75, 3.05) is 18.6 Å². The van der Waals surface area contributed by atoms with Crippen LogP contribution in [0.3, 0.4) is 0 Å². The summed E-state index contributed by atoms with van der Waals surface area (Å²) in [5.74, 6) is 1.78. The number of aromatic nitrogens is 4. The zero-order valence-corrected chi connectivity index (χ0v) is 22.0. The molecule has 0 fully saturated rings. The lowest BCUT2D eigenvalue weighted by Gasteiger charge is -2.08. The van der Waals surface area contributed by atoms with E-state index in [-0.39, 0.29) is 0 Å². The first-order chi connectivity index (χ1) is 18.0. The molecule has 0 radical (unpaired) electrons. The average molecular weight is 555 g/mol. The zero-order valence-electron chi connectivity index (χ0n) is 20.4. The molecule has 8 heteroatoms. The lowest BCUT2D eigenvalue weighted by Crippen LogP contribution is -2.03. The molecule has 0 spiro atoms. The molecule has 0 aliphatic heterocycles. The smallest absolute Gasteiger partial charge is 0.145 e. The molecule has 0 bridgehead atoms. The third-order valence-electron chi connectivity index (χ3n) is 5.54. The molecule has 0 unspecified atom stereocenters. The molecule has 0 aliphatic rings. The van der Waals surface area contributed by atoms with Gasteiger partial charge in [-0.3, -0.25) is 0 Å². The highest BCUT2D eigenvalue weighted by Gasteiger charge is 2.08. The van der Waals surface area contributed by atoms with Crippen molar-refractivity contribution in [3.05, 3.63) is 124 Å². The second kappa shape index (κ2) is 12.6. The molecule has 4 N–H and O–H groups in total. The van der Waals surface area contributed by atoms with Crippen LogP contribution in [-0.2, 0) is 12.8 Å².